The minimum Gasteiger partial charge on any atom is -0.479 e. The van der Waals surface area contributed by atoms with Crippen molar-refractivity contribution < 1.29 is 9.90 Å². The second-order valence-electron chi connectivity index (χ2n) is 7.21. The molecule has 0 aromatic carbocycles. The van der Waals surface area contributed by atoms with Crippen molar-refractivity contribution in [3.05, 3.63) is 18.0 Å². The second kappa shape index (κ2) is 4.09. The van der Waals surface area contributed by atoms with Crippen molar-refractivity contribution in [2.24, 2.45) is 5.41 Å². The molecule has 0 radical (unpaired) electrons. The average Bonchev–Trinajstić information content (AvgIpc) is 3.14. The molecule has 1 unspecified atom stereocenters. The highest BCUT2D eigenvalue weighted by Crippen LogP contribution is 2.56. The lowest BCUT2D eigenvalue weighted by molar-refractivity contribution is -0.155. The van der Waals surface area contributed by atoms with Crippen molar-refractivity contribution in [3.63, 3.8) is 0 Å². The summed E-state index contributed by atoms with van der Waals surface area (Å²) in [6, 6.07) is 0. The minimum atomic E-state index is -0.786. The zero-order valence-electron chi connectivity index (χ0n) is 11.8. The van der Waals surface area contributed by atoms with Gasteiger partial charge in [-0.15, -0.1) is 0 Å². The molecule has 1 N–H and O–H groups in total. The van der Waals surface area contributed by atoms with Crippen LogP contribution in [-0.2, 0) is 10.3 Å². The zero-order valence-corrected chi connectivity index (χ0v) is 11.8. The van der Waals surface area contributed by atoms with Gasteiger partial charge in [0.2, 0.25) is 0 Å². The van der Waals surface area contributed by atoms with Crippen LogP contribution in [-0.4, -0.2) is 20.9 Å². The summed E-state index contributed by atoms with van der Waals surface area (Å²) in [5, 5.41) is 14.4. The number of aromatic nitrogens is 2. The van der Waals surface area contributed by atoms with Crippen LogP contribution in [0, 0.1) is 5.41 Å². The lowest BCUT2D eigenvalue weighted by atomic mass is 9.56. The van der Waals surface area contributed by atoms with Crippen LogP contribution >= 0.6 is 0 Å². The van der Waals surface area contributed by atoms with E-state index in [-0.39, 0.29) is 0 Å². The van der Waals surface area contributed by atoms with Crippen LogP contribution in [0.4, 0.5) is 0 Å². The molecule has 4 nitrogen and oxygen atoms in total. The van der Waals surface area contributed by atoms with Crippen molar-refractivity contribution in [2.45, 2.75) is 69.2 Å². The maximum Gasteiger partial charge on any atom is 0.331 e. The highest BCUT2D eigenvalue weighted by Gasteiger charge is 2.53. The molecule has 0 bridgehead atoms. The fourth-order valence-electron chi connectivity index (χ4n) is 4.33. The molecule has 4 heteroatoms. The largest absolute Gasteiger partial charge is 0.479 e. The van der Waals surface area contributed by atoms with Gasteiger partial charge in [0, 0.05) is 6.20 Å². The van der Waals surface area contributed by atoms with Gasteiger partial charge in [0.15, 0.2) is 5.54 Å². The Morgan fingerprint density at radius 2 is 1.95 bits per heavy atom. The Kier molecular flexibility index (Phi) is 2.54. The minimum absolute atomic E-state index is 0.294. The maximum absolute atomic E-state index is 12.0. The summed E-state index contributed by atoms with van der Waals surface area (Å²) in [4.78, 5) is 12.0. The van der Waals surface area contributed by atoms with Gasteiger partial charge in [0.05, 0.1) is 6.20 Å². The number of carboxylic acid groups (broad SMARTS) is 1. The van der Waals surface area contributed by atoms with Gasteiger partial charge in [0.25, 0.3) is 0 Å². The molecule has 3 aliphatic rings. The van der Waals surface area contributed by atoms with E-state index in [1.54, 1.807) is 4.68 Å². The number of aliphatic carboxylic acids is 1. The Morgan fingerprint density at radius 3 is 2.55 bits per heavy atom. The molecule has 1 aromatic heterocycles. The van der Waals surface area contributed by atoms with Crippen LogP contribution in [0.5, 0.6) is 0 Å². The summed E-state index contributed by atoms with van der Waals surface area (Å²) >= 11 is 0. The quantitative estimate of drug-likeness (QED) is 0.920. The first-order valence-electron chi connectivity index (χ1n) is 7.92. The Morgan fingerprint density at radius 1 is 1.25 bits per heavy atom. The number of rotatable bonds is 3. The zero-order chi connectivity index (χ0) is 13.8. The van der Waals surface area contributed by atoms with Crippen molar-refractivity contribution in [1.29, 1.82) is 0 Å². The Labute approximate surface area is 119 Å². The standard InChI is InChI=1S/C16H22N2O2/c19-14(20)16(8-2-7-15(11-16)5-1-6-15)18-10-13(9-17-18)12-3-4-12/h9-10,12H,1-8,11H2,(H,19,20). The summed E-state index contributed by atoms with van der Waals surface area (Å²) in [5.74, 6) is -0.0511. The molecule has 1 aromatic rings. The van der Waals surface area contributed by atoms with Crippen LogP contribution in [0.1, 0.15) is 69.3 Å². The molecule has 0 saturated heterocycles. The lowest BCUT2D eigenvalue weighted by Gasteiger charge is -2.51. The van der Waals surface area contributed by atoms with E-state index in [9.17, 15) is 9.90 Å². The van der Waals surface area contributed by atoms with Gasteiger partial charge >= 0.3 is 5.97 Å². The third-order valence-corrected chi connectivity index (χ3v) is 5.87. The van der Waals surface area contributed by atoms with Crippen LogP contribution < -0.4 is 0 Å². The molecule has 3 aliphatic carbocycles. The molecule has 0 aliphatic heterocycles. The molecular weight excluding hydrogens is 252 g/mol. The van der Waals surface area contributed by atoms with E-state index in [2.05, 4.69) is 5.10 Å². The van der Waals surface area contributed by atoms with Crippen LogP contribution in [0.3, 0.4) is 0 Å². The third-order valence-electron chi connectivity index (χ3n) is 5.87. The monoisotopic (exact) mass is 274 g/mol. The molecule has 1 atom stereocenters. The van der Waals surface area contributed by atoms with Gasteiger partial charge < -0.3 is 5.11 Å². The summed E-state index contributed by atoms with van der Waals surface area (Å²) < 4.78 is 1.79. The predicted octanol–water partition coefficient (Wildman–Crippen LogP) is 3.28. The fraction of sp³-hybridized carbons (Fsp3) is 0.750. The predicted molar refractivity (Wildman–Crippen MR) is 74.6 cm³/mol. The molecule has 1 heterocycles. The first-order chi connectivity index (χ1) is 9.64. The number of carbonyl (C=O) groups is 1. The number of hydrogen-bond acceptors (Lipinski definition) is 2. The normalized spacial score (nSPS) is 32.0. The topological polar surface area (TPSA) is 55.1 Å². The van der Waals surface area contributed by atoms with E-state index in [1.807, 2.05) is 12.4 Å². The molecule has 20 heavy (non-hydrogen) atoms. The van der Waals surface area contributed by atoms with E-state index in [1.165, 1.54) is 44.1 Å². The molecule has 1 spiro atoms. The first kappa shape index (κ1) is 12.4. The van der Waals surface area contributed by atoms with E-state index in [4.69, 9.17) is 0 Å². The van der Waals surface area contributed by atoms with Gasteiger partial charge in [0.1, 0.15) is 0 Å². The summed E-state index contributed by atoms with van der Waals surface area (Å²) in [6.45, 7) is 0. The summed E-state index contributed by atoms with van der Waals surface area (Å²) in [6.07, 6.45) is 13.8. The van der Waals surface area contributed by atoms with Crippen molar-refractivity contribution in [1.82, 2.24) is 9.78 Å². The fourth-order valence-corrected chi connectivity index (χ4v) is 4.33. The SMILES string of the molecule is O=C(O)C1(n2cc(C3CC3)cn2)CCCC2(CCC2)C1. The van der Waals surface area contributed by atoms with Crippen molar-refractivity contribution >= 4 is 5.97 Å². The average molecular weight is 274 g/mol. The van der Waals surface area contributed by atoms with Gasteiger partial charge in [-0.3, -0.25) is 4.68 Å². The third kappa shape index (κ3) is 1.73. The Hall–Kier alpha value is -1.32. The van der Waals surface area contributed by atoms with Gasteiger partial charge in [-0.2, -0.15) is 5.10 Å². The lowest BCUT2D eigenvalue weighted by Crippen LogP contribution is -2.51. The molecule has 3 saturated carbocycles. The van der Waals surface area contributed by atoms with E-state index in [0.29, 0.717) is 11.3 Å². The smallest absolute Gasteiger partial charge is 0.331 e. The van der Waals surface area contributed by atoms with Crippen molar-refractivity contribution in [2.75, 3.05) is 0 Å². The highest BCUT2D eigenvalue weighted by atomic mass is 16.4. The van der Waals surface area contributed by atoms with Crippen LogP contribution in [0.2, 0.25) is 0 Å². The first-order valence-corrected chi connectivity index (χ1v) is 7.92. The number of carboxylic acids is 1. The maximum atomic E-state index is 12.0. The van der Waals surface area contributed by atoms with E-state index < -0.39 is 11.5 Å². The molecule has 0 amide bonds. The molecular formula is C16H22N2O2. The second-order valence-corrected chi connectivity index (χ2v) is 7.21. The van der Waals surface area contributed by atoms with Gasteiger partial charge in [-0.05, 0) is 68.3 Å². The molecule has 4 rings (SSSR count). The van der Waals surface area contributed by atoms with Gasteiger partial charge in [-0.25, -0.2) is 4.79 Å². The Balaban J connectivity index is 1.69. The molecule has 3 fully saturated rings. The van der Waals surface area contributed by atoms with E-state index >= 15 is 0 Å². The Bertz CT molecular complexity index is 542. The van der Waals surface area contributed by atoms with Gasteiger partial charge in [-0.1, -0.05) is 6.42 Å². The van der Waals surface area contributed by atoms with Crippen LogP contribution in [0.25, 0.3) is 0 Å². The van der Waals surface area contributed by atoms with E-state index in [0.717, 1.165) is 19.3 Å². The summed E-state index contributed by atoms with van der Waals surface area (Å²) in [7, 11) is 0. The summed E-state index contributed by atoms with van der Waals surface area (Å²) in [5.41, 5.74) is 0.743. The number of nitrogens with zero attached hydrogens (tertiary/aromatic N) is 2. The number of hydrogen-bond donors (Lipinski definition) is 1. The molecule has 108 valence electrons. The highest BCUT2D eigenvalue weighted by molar-refractivity contribution is 5.77. The van der Waals surface area contributed by atoms with Crippen LogP contribution in [0.15, 0.2) is 12.4 Å². The van der Waals surface area contributed by atoms with Crippen molar-refractivity contribution in [3.8, 4) is 0 Å².